The Bertz CT molecular complexity index is 2100. The van der Waals surface area contributed by atoms with Crippen molar-refractivity contribution in [1.29, 1.82) is 0 Å². The van der Waals surface area contributed by atoms with Crippen molar-refractivity contribution in [2.45, 2.75) is 152 Å². The lowest BCUT2D eigenvalue weighted by Gasteiger charge is -2.32. The molecule has 58 heavy (non-hydrogen) atoms. The van der Waals surface area contributed by atoms with Crippen LogP contribution in [0.25, 0.3) is 10.9 Å². The van der Waals surface area contributed by atoms with Gasteiger partial charge < -0.3 is 24.4 Å². The number of amides is 3. The molecule has 2 aliphatic heterocycles. The topological polar surface area (TPSA) is 192 Å². The number of carbonyl (C=O) groups is 4. The maximum absolute atomic E-state index is 15.0. The molecule has 0 radical (unpaired) electrons. The molecule has 316 valence electrons. The number of rotatable bonds is 8. The lowest BCUT2D eigenvalue weighted by atomic mass is 9.86. The highest BCUT2D eigenvalue weighted by Crippen LogP contribution is 2.47. The molecule has 1 saturated heterocycles. The fourth-order valence-corrected chi connectivity index (χ4v) is 11.5. The maximum Gasteiger partial charge on any atom is 0.306 e. The molecular weight excluding hydrogens is 767 g/mol. The zero-order valence-corrected chi connectivity index (χ0v) is 34.4. The van der Waals surface area contributed by atoms with Crippen LogP contribution in [-0.4, -0.2) is 89.3 Å². The second kappa shape index (κ2) is 16.4. The second-order valence-corrected chi connectivity index (χ2v) is 19.5. The quantitative estimate of drug-likeness (QED) is 0.364. The Kier molecular flexibility index (Phi) is 11.5. The Labute approximate surface area is 339 Å². The summed E-state index contributed by atoms with van der Waals surface area (Å²) in [4.78, 5) is 77.3. The summed E-state index contributed by atoms with van der Waals surface area (Å²) in [5.74, 6) is -2.46. The van der Waals surface area contributed by atoms with Crippen LogP contribution in [0.2, 0.25) is 0 Å². The van der Waals surface area contributed by atoms with Crippen LogP contribution in [0.3, 0.4) is 0 Å². The average Bonchev–Trinajstić information content (AvgIpc) is 3.99. The number of carbonyl (C=O) groups excluding carboxylic acids is 4. The number of sulfonamides is 1. The summed E-state index contributed by atoms with van der Waals surface area (Å²) in [6.45, 7) is 2.19. The van der Waals surface area contributed by atoms with Gasteiger partial charge in [0.25, 0.3) is 17.5 Å². The van der Waals surface area contributed by atoms with Gasteiger partial charge in [-0.05, 0) is 94.1 Å². The predicted octanol–water partition coefficient (Wildman–Crippen LogP) is 4.13. The van der Waals surface area contributed by atoms with Crippen molar-refractivity contribution in [3.05, 3.63) is 28.6 Å². The van der Waals surface area contributed by atoms with E-state index >= 15 is 0 Å². The standard InChI is InChI=1S/C42H57N5O10S/c1-3-27-23-42(27,40(52)45-58(53,54)30-16-17-30)44-37(49)34-21-29-24-47(34)39(51)32(25-10-6-7-11-25)22-36(48)57-35-14-9-13-26(35)12-5-4-8-19-46-38(50)31-18-15-28(55-2)20-33(31)43-41(46)56-29/h15,18,20,25-27,29-30,32,34-35H,3-14,16-17,19,21-24H2,1-2H3,(H,44,49)(H,45,52)/t26-,27+,29-,32+,34+,35-,42-/m1/s1. The Balaban J connectivity index is 1.14. The van der Waals surface area contributed by atoms with Crippen LogP contribution < -0.4 is 25.1 Å². The van der Waals surface area contributed by atoms with Crippen molar-refractivity contribution in [1.82, 2.24) is 24.5 Å². The van der Waals surface area contributed by atoms with Gasteiger partial charge >= 0.3 is 5.97 Å². The summed E-state index contributed by atoms with van der Waals surface area (Å²) in [5.41, 5.74) is -1.33. The number of nitrogens with zero attached hydrogens (tertiary/aromatic N) is 3. The van der Waals surface area contributed by atoms with Gasteiger partial charge in [0.1, 0.15) is 29.5 Å². The molecule has 2 N–H and O–H groups in total. The zero-order chi connectivity index (χ0) is 40.8. The van der Waals surface area contributed by atoms with E-state index in [2.05, 4.69) is 10.0 Å². The monoisotopic (exact) mass is 823 g/mol. The molecule has 2 aromatic rings. The number of aromatic nitrogens is 2. The molecule has 4 saturated carbocycles. The van der Waals surface area contributed by atoms with Gasteiger partial charge in [0.2, 0.25) is 21.8 Å². The summed E-state index contributed by atoms with van der Waals surface area (Å²) in [7, 11) is -2.35. The molecule has 3 heterocycles. The van der Waals surface area contributed by atoms with E-state index in [4.69, 9.17) is 19.2 Å². The van der Waals surface area contributed by atoms with Crippen molar-refractivity contribution in [3.8, 4) is 11.8 Å². The van der Waals surface area contributed by atoms with E-state index in [1.807, 2.05) is 6.92 Å². The van der Waals surface area contributed by atoms with E-state index in [0.717, 1.165) is 64.2 Å². The first-order valence-electron chi connectivity index (χ1n) is 21.5. The predicted molar refractivity (Wildman–Crippen MR) is 212 cm³/mol. The summed E-state index contributed by atoms with van der Waals surface area (Å²) >= 11 is 0. The van der Waals surface area contributed by atoms with Gasteiger partial charge in [-0.15, -0.1) is 0 Å². The third-order valence-electron chi connectivity index (χ3n) is 13.8. The highest BCUT2D eigenvalue weighted by atomic mass is 32.2. The number of benzene rings is 1. The molecule has 0 unspecified atom stereocenters. The van der Waals surface area contributed by atoms with Crippen LogP contribution in [0.5, 0.6) is 11.8 Å². The Morgan fingerprint density at radius 1 is 0.948 bits per heavy atom. The Hall–Kier alpha value is -4.21. The van der Waals surface area contributed by atoms with Gasteiger partial charge in [-0.2, -0.15) is 4.98 Å². The van der Waals surface area contributed by atoms with Crippen LogP contribution in [0.15, 0.2) is 23.0 Å². The molecule has 1 aromatic carbocycles. The minimum absolute atomic E-state index is 0.0179. The Morgan fingerprint density at radius 3 is 2.41 bits per heavy atom. The molecule has 1 aromatic heterocycles. The first-order valence-corrected chi connectivity index (χ1v) is 23.1. The molecule has 4 aliphatic carbocycles. The van der Waals surface area contributed by atoms with Crippen molar-refractivity contribution >= 4 is 44.6 Å². The second-order valence-electron chi connectivity index (χ2n) is 17.6. The first kappa shape index (κ1) is 40.6. The lowest BCUT2D eigenvalue weighted by molar-refractivity contribution is -0.156. The summed E-state index contributed by atoms with van der Waals surface area (Å²) in [6.07, 6.45) is 10.1. The number of methoxy groups -OCH3 is 1. The molecule has 5 fully saturated rings. The van der Waals surface area contributed by atoms with Crippen LogP contribution in [0.4, 0.5) is 0 Å². The van der Waals surface area contributed by atoms with Crippen molar-refractivity contribution in [2.75, 3.05) is 13.7 Å². The van der Waals surface area contributed by atoms with Gasteiger partial charge in [0, 0.05) is 19.0 Å². The Morgan fingerprint density at radius 2 is 1.69 bits per heavy atom. The fraction of sp³-hybridized carbons (Fsp3) is 0.714. The van der Waals surface area contributed by atoms with Crippen molar-refractivity contribution in [3.63, 3.8) is 0 Å². The molecule has 6 aliphatic rings. The van der Waals surface area contributed by atoms with Crippen LogP contribution in [0, 0.1) is 23.7 Å². The highest BCUT2D eigenvalue weighted by molar-refractivity contribution is 7.91. The third-order valence-corrected chi connectivity index (χ3v) is 15.6. The largest absolute Gasteiger partial charge is 0.497 e. The van der Waals surface area contributed by atoms with E-state index < -0.39 is 56.7 Å². The van der Waals surface area contributed by atoms with Crippen molar-refractivity contribution in [2.24, 2.45) is 23.7 Å². The SMILES string of the molecule is CC[C@H]1C[C@]1(NC(=O)[C@@H]1C[C@@H]2CN1C(=O)[C@H](C1CCCC1)CC(=O)O[C@@H]1CCC[C@H]1CCCCCn1c(nc3cc(OC)ccc3c1=O)O2)C(=O)NS(=O)(=O)C1CC1. The van der Waals surface area contributed by atoms with Crippen molar-refractivity contribution < 1.29 is 41.8 Å². The third kappa shape index (κ3) is 8.18. The zero-order valence-electron chi connectivity index (χ0n) is 33.6. The van der Waals surface area contributed by atoms with Gasteiger partial charge in [-0.3, -0.25) is 33.3 Å². The lowest BCUT2D eigenvalue weighted by Crippen LogP contribution is -2.57. The van der Waals surface area contributed by atoms with Gasteiger partial charge in [0.15, 0.2) is 0 Å². The molecule has 0 spiro atoms. The van der Waals surface area contributed by atoms with E-state index in [-0.39, 0.29) is 67.1 Å². The molecule has 16 heteroatoms. The van der Waals surface area contributed by atoms with E-state index in [9.17, 15) is 32.4 Å². The smallest absolute Gasteiger partial charge is 0.306 e. The number of nitrogens with one attached hydrogen (secondary N) is 2. The number of hydrogen-bond acceptors (Lipinski definition) is 11. The number of ether oxygens (including phenoxy) is 3. The minimum atomic E-state index is -3.88. The summed E-state index contributed by atoms with van der Waals surface area (Å²) in [5, 5.41) is 2.70. The number of hydrogen-bond donors (Lipinski definition) is 2. The van der Waals surface area contributed by atoms with Gasteiger partial charge in [-0.1, -0.05) is 39.0 Å². The number of esters is 1. The normalized spacial score (nSPS) is 31.0. The van der Waals surface area contributed by atoms with Crippen LogP contribution in [-0.2, 0) is 40.5 Å². The van der Waals surface area contributed by atoms with Gasteiger partial charge in [0.05, 0.1) is 42.1 Å². The number of fused-ring (bicyclic) bond motifs is 5. The van der Waals surface area contributed by atoms with Crippen LogP contribution >= 0.6 is 0 Å². The van der Waals surface area contributed by atoms with Gasteiger partial charge in [-0.25, -0.2) is 8.42 Å². The average molecular weight is 824 g/mol. The van der Waals surface area contributed by atoms with Crippen LogP contribution in [0.1, 0.15) is 116 Å². The molecule has 7 atom stereocenters. The van der Waals surface area contributed by atoms with E-state index in [0.29, 0.717) is 48.9 Å². The fourth-order valence-electron chi connectivity index (χ4n) is 10.2. The molecule has 3 amide bonds. The molecule has 2 bridgehead atoms. The first-order chi connectivity index (χ1) is 27.9. The van der Waals surface area contributed by atoms with E-state index in [1.54, 1.807) is 18.2 Å². The van der Waals surface area contributed by atoms with E-state index in [1.165, 1.54) is 16.6 Å². The minimum Gasteiger partial charge on any atom is -0.497 e. The molecule has 8 rings (SSSR count). The summed E-state index contributed by atoms with van der Waals surface area (Å²) < 4.78 is 47.6. The molecule has 15 nitrogen and oxygen atoms in total. The highest BCUT2D eigenvalue weighted by Gasteiger charge is 2.62. The maximum atomic E-state index is 15.0. The summed E-state index contributed by atoms with van der Waals surface area (Å²) in [6, 6.07) is 4.04. The molecular formula is C42H57N5O10S.